The van der Waals surface area contributed by atoms with E-state index in [9.17, 15) is 4.79 Å². The highest BCUT2D eigenvalue weighted by molar-refractivity contribution is 5.39. The van der Waals surface area contributed by atoms with Crippen molar-refractivity contribution in [2.45, 2.75) is 65.2 Å². The van der Waals surface area contributed by atoms with Crippen molar-refractivity contribution in [2.75, 3.05) is 0 Å². The van der Waals surface area contributed by atoms with E-state index >= 15 is 0 Å². The monoisotopic (exact) mass is 194 g/mol. The van der Waals surface area contributed by atoms with Gasteiger partial charge in [-0.25, -0.2) is 0 Å². The number of rotatable bonds is 8. The molecule has 0 unspecified atom stereocenters. The summed E-state index contributed by atoms with van der Waals surface area (Å²) in [5.41, 5.74) is 2.75. The van der Waals surface area contributed by atoms with Gasteiger partial charge < -0.3 is 0 Å². The summed E-state index contributed by atoms with van der Waals surface area (Å²) < 4.78 is 0. The first-order chi connectivity index (χ1) is 6.81. The molecule has 0 aliphatic heterocycles. The zero-order valence-corrected chi connectivity index (χ0v) is 9.57. The average molecular weight is 194 g/mol. The Bertz CT molecular complexity index is 241. The van der Waals surface area contributed by atoms with Crippen LogP contribution in [-0.4, -0.2) is 0 Å². The van der Waals surface area contributed by atoms with E-state index in [1.807, 2.05) is 0 Å². The fourth-order valence-corrected chi connectivity index (χ4v) is 1.88. The Morgan fingerprint density at radius 3 is 1.57 bits per heavy atom. The molecule has 0 N–H and O–H groups in total. The quantitative estimate of drug-likeness (QED) is 0.580. The topological polar surface area (TPSA) is 17.1 Å². The molecule has 0 saturated heterocycles. The number of hydrogen-bond acceptors (Lipinski definition) is 1. The van der Waals surface area contributed by atoms with Crippen LogP contribution in [0.15, 0.2) is 4.79 Å². The van der Waals surface area contributed by atoms with Gasteiger partial charge in [0.15, 0.2) is 5.43 Å². The predicted octanol–water partition coefficient (Wildman–Crippen LogP) is 3.39. The molecule has 0 fully saturated rings. The van der Waals surface area contributed by atoms with Crippen LogP contribution >= 0.6 is 0 Å². The van der Waals surface area contributed by atoms with Gasteiger partial charge in [-0.2, -0.15) is 0 Å². The van der Waals surface area contributed by atoms with E-state index in [-0.39, 0.29) is 0 Å². The summed E-state index contributed by atoms with van der Waals surface area (Å²) in [6.45, 7) is 4.40. The summed E-state index contributed by atoms with van der Waals surface area (Å²) in [5, 5.41) is 0. The SMILES string of the molecule is CCCCCc1c(CCCCC)c1=O. The molecule has 0 heterocycles. The molecule has 80 valence electrons. The molecule has 0 saturated carbocycles. The van der Waals surface area contributed by atoms with E-state index in [0.29, 0.717) is 5.43 Å². The van der Waals surface area contributed by atoms with Crippen molar-refractivity contribution in [3.63, 3.8) is 0 Å². The van der Waals surface area contributed by atoms with E-state index in [1.54, 1.807) is 0 Å². The van der Waals surface area contributed by atoms with Gasteiger partial charge in [-0.1, -0.05) is 39.5 Å². The zero-order chi connectivity index (χ0) is 10.4. The van der Waals surface area contributed by atoms with Crippen LogP contribution in [0.25, 0.3) is 0 Å². The second kappa shape index (κ2) is 6.00. The molecule has 0 aliphatic carbocycles. The van der Waals surface area contributed by atoms with E-state index in [1.165, 1.54) is 49.7 Å². The minimum absolute atomic E-state index is 0.400. The highest BCUT2D eigenvalue weighted by atomic mass is 16.1. The van der Waals surface area contributed by atoms with Gasteiger partial charge in [0, 0.05) is 11.1 Å². The normalized spacial score (nSPS) is 11.3. The molecular formula is C13H22O. The lowest BCUT2D eigenvalue weighted by Crippen LogP contribution is -1.83. The Morgan fingerprint density at radius 1 is 0.786 bits per heavy atom. The van der Waals surface area contributed by atoms with Crippen LogP contribution in [0.5, 0.6) is 0 Å². The first-order valence-electron chi connectivity index (χ1n) is 6.08. The van der Waals surface area contributed by atoms with Gasteiger partial charge in [0.25, 0.3) is 0 Å². The lowest BCUT2D eigenvalue weighted by Gasteiger charge is -1.93. The Balaban J connectivity index is 2.16. The van der Waals surface area contributed by atoms with E-state index in [0.717, 1.165) is 12.8 Å². The third kappa shape index (κ3) is 3.28. The summed E-state index contributed by atoms with van der Waals surface area (Å²) in [4.78, 5) is 11.3. The van der Waals surface area contributed by atoms with Gasteiger partial charge in [0.1, 0.15) is 0 Å². The Hall–Kier alpha value is -0.590. The second-order valence-electron chi connectivity index (χ2n) is 4.20. The summed E-state index contributed by atoms with van der Waals surface area (Å²) in [6, 6.07) is 0. The van der Waals surface area contributed by atoms with Crippen LogP contribution < -0.4 is 5.43 Å². The number of hydrogen-bond donors (Lipinski definition) is 0. The lowest BCUT2D eigenvalue weighted by atomic mass is 10.1. The van der Waals surface area contributed by atoms with E-state index in [2.05, 4.69) is 13.8 Å². The van der Waals surface area contributed by atoms with Crippen molar-refractivity contribution < 1.29 is 0 Å². The molecule has 14 heavy (non-hydrogen) atoms. The zero-order valence-electron chi connectivity index (χ0n) is 9.57. The molecule has 1 aromatic carbocycles. The van der Waals surface area contributed by atoms with Crippen molar-refractivity contribution in [1.29, 1.82) is 0 Å². The molecule has 1 heteroatoms. The maximum atomic E-state index is 11.3. The predicted molar refractivity (Wildman–Crippen MR) is 61.5 cm³/mol. The molecule has 0 bridgehead atoms. The van der Waals surface area contributed by atoms with Crippen molar-refractivity contribution in [2.24, 2.45) is 0 Å². The van der Waals surface area contributed by atoms with Crippen molar-refractivity contribution in [3.8, 4) is 0 Å². The molecule has 0 aromatic heterocycles. The second-order valence-corrected chi connectivity index (χ2v) is 4.20. The van der Waals surface area contributed by atoms with Crippen molar-refractivity contribution in [1.82, 2.24) is 0 Å². The third-order valence-corrected chi connectivity index (χ3v) is 2.91. The summed E-state index contributed by atoms with van der Waals surface area (Å²) in [5.74, 6) is 0. The maximum absolute atomic E-state index is 11.3. The van der Waals surface area contributed by atoms with Crippen molar-refractivity contribution >= 4 is 0 Å². The molecule has 0 atom stereocenters. The third-order valence-electron chi connectivity index (χ3n) is 2.91. The van der Waals surface area contributed by atoms with E-state index in [4.69, 9.17) is 0 Å². The molecular weight excluding hydrogens is 172 g/mol. The van der Waals surface area contributed by atoms with Crippen LogP contribution in [0.4, 0.5) is 0 Å². The molecule has 0 amide bonds. The smallest absolute Gasteiger partial charge is 0.185 e. The lowest BCUT2D eigenvalue weighted by molar-refractivity contribution is 0.708. The van der Waals surface area contributed by atoms with Crippen molar-refractivity contribution in [3.05, 3.63) is 21.4 Å². The van der Waals surface area contributed by atoms with Crippen LogP contribution in [0, 0.1) is 0 Å². The molecule has 1 aromatic rings. The highest BCUT2D eigenvalue weighted by Gasteiger charge is 2.19. The first-order valence-corrected chi connectivity index (χ1v) is 6.08. The van der Waals surface area contributed by atoms with Gasteiger partial charge >= 0.3 is 0 Å². The fourth-order valence-electron chi connectivity index (χ4n) is 1.88. The van der Waals surface area contributed by atoms with Gasteiger partial charge in [-0.3, -0.25) is 4.79 Å². The summed E-state index contributed by atoms with van der Waals surface area (Å²) >= 11 is 0. The van der Waals surface area contributed by atoms with Gasteiger partial charge in [-0.15, -0.1) is 0 Å². The maximum Gasteiger partial charge on any atom is 0.185 e. The van der Waals surface area contributed by atoms with Crippen LogP contribution in [-0.2, 0) is 12.8 Å². The highest BCUT2D eigenvalue weighted by Crippen LogP contribution is 2.16. The summed E-state index contributed by atoms with van der Waals surface area (Å²) in [6.07, 6.45) is 9.52. The molecule has 0 radical (unpaired) electrons. The van der Waals surface area contributed by atoms with Gasteiger partial charge in [0.2, 0.25) is 0 Å². The van der Waals surface area contributed by atoms with E-state index < -0.39 is 0 Å². The van der Waals surface area contributed by atoms with Gasteiger partial charge in [-0.05, 0) is 25.7 Å². The Morgan fingerprint density at radius 2 is 1.21 bits per heavy atom. The Kier molecular flexibility index (Phi) is 4.92. The minimum Gasteiger partial charge on any atom is -0.289 e. The standard InChI is InChI=1S/C13H22O/c1-3-5-7-9-11-12(13(11)14)10-8-6-4-2/h3-10H2,1-2H3. The molecule has 1 rings (SSSR count). The number of unbranched alkanes of at least 4 members (excludes halogenated alkanes) is 4. The fraction of sp³-hybridized carbons (Fsp3) is 0.769. The molecule has 0 spiro atoms. The minimum atomic E-state index is 0.400. The van der Waals surface area contributed by atoms with Crippen LogP contribution in [0.1, 0.15) is 63.5 Å². The average Bonchev–Trinajstić information content (AvgIpc) is 2.78. The van der Waals surface area contributed by atoms with Gasteiger partial charge in [0.05, 0.1) is 0 Å². The first kappa shape index (κ1) is 11.5. The molecule has 1 nitrogen and oxygen atoms in total. The summed E-state index contributed by atoms with van der Waals surface area (Å²) in [7, 11) is 0. The largest absolute Gasteiger partial charge is 0.289 e. The van der Waals surface area contributed by atoms with Crippen LogP contribution in [0.2, 0.25) is 0 Å². The Labute approximate surface area is 87.2 Å². The molecule has 0 aliphatic rings. The van der Waals surface area contributed by atoms with Crippen LogP contribution in [0.3, 0.4) is 0 Å².